The van der Waals surface area contributed by atoms with Crippen LogP contribution in [-0.2, 0) is 13.0 Å². The third-order valence-electron chi connectivity index (χ3n) is 3.16. The minimum Gasteiger partial charge on any atom is -0.398 e. The summed E-state index contributed by atoms with van der Waals surface area (Å²) in [5.74, 6) is 0. The minimum absolute atomic E-state index is 0.869. The predicted molar refractivity (Wildman–Crippen MR) is 88.2 cm³/mol. The number of hydrogen-bond donors (Lipinski definition) is 1. The fourth-order valence-electron chi connectivity index (χ4n) is 2.10. The largest absolute Gasteiger partial charge is 0.398 e. The Morgan fingerprint density at radius 3 is 2.45 bits per heavy atom. The second kappa shape index (κ2) is 6.82. The summed E-state index contributed by atoms with van der Waals surface area (Å²) in [6.45, 7) is 3.09. The van der Waals surface area contributed by atoms with E-state index in [2.05, 4.69) is 68.4 Å². The SMILES string of the molecule is CCc1ccc(Sc2ccccc2CN(C)[11CH3])c(N)c1. The second-order valence-corrected chi connectivity index (χ2v) is 6.26. The van der Waals surface area contributed by atoms with Crippen LogP contribution in [0.2, 0.25) is 0 Å². The van der Waals surface area contributed by atoms with E-state index in [1.165, 1.54) is 16.0 Å². The molecule has 2 N–H and O–H groups in total. The van der Waals surface area contributed by atoms with Crippen LogP contribution < -0.4 is 5.73 Å². The van der Waals surface area contributed by atoms with Gasteiger partial charge in [-0.15, -0.1) is 0 Å². The van der Waals surface area contributed by atoms with Crippen molar-refractivity contribution >= 4 is 17.4 Å². The van der Waals surface area contributed by atoms with E-state index < -0.39 is 0 Å². The molecule has 0 bridgehead atoms. The number of hydrogen-bond acceptors (Lipinski definition) is 3. The molecule has 0 saturated carbocycles. The van der Waals surface area contributed by atoms with E-state index in [4.69, 9.17) is 5.73 Å². The van der Waals surface area contributed by atoms with Crippen LogP contribution in [0.25, 0.3) is 0 Å². The van der Waals surface area contributed by atoms with Crippen LogP contribution >= 0.6 is 11.8 Å². The van der Waals surface area contributed by atoms with Crippen molar-refractivity contribution in [3.05, 3.63) is 53.6 Å². The minimum atomic E-state index is 0.869. The van der Waals surface area contributed by atoms with Crippen molar-refractivity contribution in [1.29, 1.82) is 0 Å². The standard InChI is InChI=1S/C17H22N2S/c1-4-13-9-10-17(15(18)11-13)20-16-8-6-5-7-14(16)12-19(2)3/h5-11H,4,12,18H2,1-3H3/i2-1. The van der Waals surface area contributed by atoms with Crippen LogP contribution in [0.4, 0.5) is 5.69 Å². The maximum absolute atomic E-state index is 6.16. The van der Waals surface area contributed by atoms with E-state index in [9.17, 15) is 0 Å². The Balaban J connectivity index is 2.26. The van der Waals surface area contributed by atoms with Gasteiger partial charge in [0.2, 0.25) is 0 Å². The summed E-state index contributed by atoms with van der Waals surface area (Å²) >= 11 is 1.75. The maximum atomic E-state index is 6.16. The summed E-state index contributed by atoms with van der Waals surface area (Å²) in [6.07, 6.45) is 1.02. The molecule has 0 aliphatic rings. The molecular weight excluding hydrogens is 263 g/mol. The lowest BCUT2D eigenvalue weighted by Gasteiger charge is -2.14. The first kappa shape index (κ1) is 14.9. The number of anilines is 1. The van der Waals surface area contributed by atoms with Gasteiger partial charge in [-0.05, 0) is 49.8 Å². The fourth-order valence-corrected chi connectivity index (χ4v) is 3.06. The summed E-state index contributed by atoms with van der Waals surface area (Å²) in [6, 6.07) is 14.9. The Labute approximate surface area is 126 Å². The molecule has 0 aromatic heterocycles. The van der Waals surface area contributed by atoms with Gasteiger partial charge in [0.15, 0.2) is 0 Å². The molecule has 2 aromatic rings. The number of rotatable bonds is 5. The lowest BCUT2D eigenvalue weighted by atomic mass is 10.1. The Bertz CT molecular complexity index is 579. The lowest BCUT2D eigenvalue weighted by molar-refractivity contribution is 0.399. The third-order valence-corrected chi connectivity index (χ3v) is 4.37. The smallest absolute Gasteiger partial charge is 0.0458 e. The first-order valence-corrected chi connectivity index (χ1v) is 7.70. The predicted octanol–water partition coefficient (Wildman–Crippen LogP) is 4.04. The summed E-state index contributed by atoms with van der Waals surface area (Å²) in [4.78, 5) is 4.59. The van der Waals surface area contributed by atoms with Gasteiger partial charge in [0.1, 0.15) is 0 Å². The van der Waals surface area contributed by atoms with Crippen molar-refractivity contribution in [2.45, 2.75) is 29.7 Å². The average molecular weight is 285 g/mol. The van der Waals surface area contributed by atoms with Crippen LogP contribution in [-0.4, -0.2) is 19.0 Å². The van der Waals surface area contributed by atoms with Gasteiger partial charge >= 0.3 is 0 Å². The molecule has 3 heteroatoms. The highest BCUT2D eigenvalue weighted by molar-refractivity contribution is 7.99. The van der Waals surface area contributed by atoms with E-state index in [0.717, 1.165) is 23.5 Å². The van der Waals surface area contributed by atoms with Crippen molar-refractivity contribution in [3.8, 4) is 0 Å². The van der Waals surface area contributed by atoms with E-state index in [-0.39, 0.29) is 0 Å². The van der Waals surface area contributed by atoms with Gasteiger partial charge < -0.3 is 10.6 Å². The Morgan fingerprint density at radius 1 is 1.05 bits per heavy atom. The molecule has 0 heterocycles. The number of nitrogen functional groups attached to an aromatic ring is 1. The van der Waals surface area contributed by atoms with Crippen molar-refractivity contribution in [2.75, 3.05) is 19.8 Å². The van der Waals surface area contributed by atoms with Crippen molar-refractivity contribution < 1.29 is 0 Å². The third kappa shape index (κ3) is 3.78. The summed E-state index contributed by atoms with van der Waals surface area (Å²) in [5, 5.41) is 0. The maximum Gasteiger partial charge on any atom is 0.0458 e. The first-order chi connectivity index (χ1) is 9.60. The lowest BCUT2D eigenvalue weighted by Crippen LogP contribution is -2.11. The van der Waals surface area contributed by atoms with Gasteiger partial charge in [-0.25, -0.2) is 0 Å². The van der Waals surface area contributed by atoms with Gasteiger partial charge in [0.25, 0.3) is 0 Å². The number of aryl methyl sites for hydroxylation is 1. The number of nitrogens with zero attached hydrogens (tertiary/aromatic N) is 1. The first-order valence-electron chi connectivity index (χ1n) is 6.89. The van der Waals surface area contributed by atoms with Gasteiger partial charge in [-0.1, -0.05) is 43.0 Å². The molecule has 2 rings (SSSR count). The highest BCUT2D eigenvalue weighted by Crippen LogP contribution is 2.34. The molecule has 0 amide bonds. The zero-order valence-corrected chi connectivity index (χ0v) is 13.2. The molecule has 0 aliphatic heterocycles. The number of benzene rings is 2. The molecule has 20 heavy (non-hydrogen) atoms. The van der Waals surface area contributed by atoms with Crippen LogP contribution in [0.3, 0.4) is 0 Å². The summed E-state index contributed by atoms with van der Waals surface area (Å²) in [5.41, 5.74) is 9.65. The molecule has 0 radical (unpaired) electrons. The Kier molecular flexibility index (Phi) is 5.10. The molecule has 2 nitrogen and oxygen atoms in total. The topological polar surface area (TPSA) is 29.3 Å². The molecule has 0 atom stereocenters. The van der Waals surface area contributed by atoms with Crippen LogP contribution in [0.15, 0.2) is 52.3 Å². The normalized spacial score (nSPS) is 11.0. The van der Waals surface area contributed by atoms with Crippen molar-refractivity contribution in [2.24, 2.45) is 0 Å². The van der Waals surface area contributed by atoms with Crippen molar-refractivity contribution in [3.63, 3.8) is 0 Å². The Morgan fingerprint density at radius 2 is 1.80 bits per heavy atom. The average Bonchev–Trinajstić information content (AvgIpc) is 2.42. The van der Waals surface area contributed by atoms with Crippen LogP contribution in [0.5, 0.6) is 0 Å². The molecule has 2 aromatic carbocycles. The van der Waals surface area contributed by atoms with Crippen molar-refractivity contribution in [1.82, 2.24) is 4.90 Å². The monoisotopic (exact) mass is 285 g/mol. The van der Waals surface area contributed by atoms with Gasteiger partial charge in [-0.3, -0.25) is 0 Å². The Hall–Kier alpha value is -1.45. The molecule has 0 aliphatic carbocycles. The number of nitrogens with two attached hydrogens (primary N) is 1. The van der Waals surface area contributed by atoms with Crippen LogP contribution in [0.1, 0.15) is 18.1 Å². The van der Waals surface area contributed by atoms with Gasteiger partial charge in [0.05, 0.1) is 0 Å². The summed E-state index contributed by atoms with van der Waals surface area (Å²) in [7, 11) is 4.18. The second-order valence-electron chi connectivity index (χ2n) is 5.17. The highest BCUT2D eigenvalue weighted by Gasteiger charge is 2.07. The van der Waals surface area contributed by atoms with E-state index in [1.54, 1.807) is 11.8 Å². The summed E-state index contributed by atoms with van der Waals surface area (Å²) < 4.78 is 0. The quantitative estimate of drug-likeness (QED) is 0.841. The molecule has 0 spiro atoms. The van der Waals surface area contributed by atoms with E-state index >= 15 is 0 Å². The molecule has 0 unspecified atom stereocenters. The highest BCUT2D eigenvalue weighted by atomic mass is 32.2. The van der Waals surface area contributed by atoms with Gasteiger partial charge in [0, 0.05) is 22.0 Å². The van der Waals surface area contributed by atoms with E-state index in [0.29, 0.717) is 0 Å². The zero-order valence-electron chi connectivity index (χ0n) is 12.4. The van der Waals surface area contributed by atoms with E-state index in [1.807, 2.05) is 0 Å². The van der Waals surface area contributed by atoms with Crippen LogP contribution in [0, 0.1) is 0 Å². The zero-order chi connectivity index (χ0) is 14.5. The fraction of sp³-hybridized carbons (Fsp3) is 0.294. The molecule has 106 valence electrons. The van der Waals surface area contributed by atoms with Gasteiger partial charge in [-0.2, -0.15) is 0 Å². The molecule has 0 saturated heterocycles. The molecular formula is C17H22N2S. The molecule has 0 fully saturated rings.